The van der Waals surface area contributed by atoms with E-state index in [0.717, 1.165) is 34.1 Å². The first-order chi connectivity index (χ1) is 15.3. The molecule has 0 radical (unpaired) electrons. The molecule has 0 aliphatic heterocycles. The topological polar surface area (TPSA) is 50.8 Å². The molecule has 0 unspecified atom stereocenters. The highest BCUT2D eigenvalue weighted by Gasteiger charge is 2.18. The third-order valence-corrected chi connectivity index (χ3v) is 6.11. The molecule has 0 saturated heterocycles. The molecule has 0 N–H and O–H groups in total. The Morgan fingerprint density at radius 3 is 2.52 bits per heavy atom. The van der Waals surface area contributed by atoms with Crippen LogP contribution in [0.5, 0.6) is 0 Å². The van der Waals surface area contributed by atoms with Crippen molar-refractivity contribution in [1.29, 1.82) is 0 Å². The predicted molar refractivity (Wildman–Crippen MR) is 122 cm³/mol. The summed E-state index contributed by atoms with van der Waals surface area (Å²) in [7, 11) is 0. The molecule has 3 heterocycles. The Kier molecular flexibility index (Phi) is 5.37. The van der Waals surface area contributed by atoms with E-state index in [1.807, 2.05) is 65.6 Å². The first-order valence-electron chi connectivity index (χ1n) is 10.2. The van der Waals surface area contributed by atoms with E-state index in [-0.39, 0.29) is 5.91 Å². The Morgan fingerprint density at radius 1 is 1.00 bits per heavy atom. The maximum Gasteiger partial charge on any atom is 0.254 e. The second-order valence-electron chi connectivity index (χ2n) is 7.29. The summed E-state index contributed by atoms with van der Waals surface area (Å²) in [5.41, 5.74) is 3.88. The highest BCUT2D eigenvalue weighted by Crippen LogP contribution is 2.24. The number of hydrogen-bond acceptors (Lipinski definition) is 4. The minimum absolute atomic E-state index is 0.000853. The number of rotatable bonds is 7. The molecule has 0 aliphatic rings. The van der Waals surface area contributed by atoms with Crippen LogP contribution in [0, 0.1) is 0 Å². The number of thiazole rings is 1. The molecule has 0 atom stereocenters. The van der Waals surface area contributed by atoms with E-state index < -0.39 is 0 Å². The maximum atomic E-state index is 13.2. The Hall–Kier alpha value is -3.64. The molecule has 154 valence electrons. The number of amides is 1. The van der Waals surface area contributed by atoms with Gasteiger partial charge in [-0.25, -0.2) is 4.98 Å². The van der Waals surface area contributed by atoms with Crippen LogP contribution in [0.1, 0.15) is 21.8 Å². The number of fused-ring (bicyclic) bond motifs is 1. The first kappa shape index (κ1) is 19.3. The van der Waals surface area contributed by atoms with Gasteiger partial charge < -0.3 is 9.32 Å². The lowest BCUT2D eigenvalue weighted by atomic mass is 10.2. The van der Waals surface area contributed by atoms with Crippen molar-refractivity contribution in [2.24, 2.45) is 0 Å². The molecule has 0 spiro atoms. The van der Waals surface area contributed by atoms with Gasteiger partial charge in [0.1, 0.15) is 5.76 Å². The van der Waals surface area contributed by atoms with Gasteiger partial charge in [0.05, 0.1) is 18.5 Å². The van der Waals surface area contributed by atoms with Crippen LogP contribution in [0.4, 0.5) is 0 Å². The smallest absolute Gasteiger partial charge is 0.254 e. The summed E-state index contributed by atoms with van der Waals surface area (Å²) in [5, 5.41) is 2.12. The van der Waals surface area contributed by atoms with E-state index >= 15 is 0 Å². The van der Waals surface area contributed by atoms with Crippen LogP contribution in [0.3, 0.4) is 0 Å². The Morgan fingerprint density at radius 2 is 1.77 bits per heavy atom. The zero-order valence-corrected chi connectivity index (χ0v) is 17.7. The number of furan rings is 1. The van der Waals surface area contributed by atoms with E-state index in [4.69, 9.17) is 9.40 Å². The SMILES string of the molecule is O=C(c1ccccc1)N(CCc1csc2nc(-c3ccccc3)cn12)Cc1ccco1. The molecule has 0 fully saturated rings. The summed E-state index contributed by atoms with van der Waals surface area (Å²) in [4.78, 5) is 20.7. The summed E-state index contributed by atoms with van der Waals surface area (Å²) in [6.45, 7) is 1.02. The van der Waals surface area contributed by atoms with E-state index in [1.165, 1.54) is 0 Å². The molecule has 0 saturated carbocycles. The van der Waals surface area contributed by atoms with E-state index in [2.05, 4.69) is 28.1 Å². The van der Waals surface area contributed by atoms with Crippen LogP contribution < -0.4 is 0 Å². The van der Waals surface area contributed by atoms with Gasteiger partial charge in [0.2, 0.25) is 0 Å². The van der Waals surface area contributed by atoms with Crippen LogP contribution in [0.15, 0.2) is 95.1 Å². The van der Waals surface area contributed by atoms with Crippen molar-refractivity contribution in [2.45, 2.75) is 13.0 Å². The van der Waals surface area contributed by atoms with E-state index in [1.54, 1.807) is 17.6 Å². The van der Waals surface area contributed by atoms with Crippen molar-refractivity contribution in [3.63, 3.8) is 0 Å². The molecule has 6 heteroatoms. The summed E-state index contributed by atoms with van der Waals surface area (Å²) >= 11 is 1.62. The highest BCUT2D eigenvalue weighted by atomic mass is 32.1. The number of aromatic nitrogens is 2. The largest absolute Gasteiger partial charge is 0.467 e. The van der Waals surface area contributed by atoms with E-state index in [0.29, 0.717) is 18.7 Å². The second-order valence-corrected chi connectivity index (χ2v) is 8.13. The van der Waals surface area contributed by atoms with Gasteiger partial charge in [0, 0.05) is 41.4 Å². The number of carbonyl (C=O) groups excluding carboxylic acids is 1. The van der Waals surface area contributed by atoms with E-state index in [9.17, 15) is 4.79 Å². The lowest BCUT2D eigenvalue weighted by Gasteiger charge is -2.21. The average Bonchev–Trinajstić information content (AvgIpc) is 3.56. The molecular formula is C25H21N3O2S. The van der Waals surface area contributed by atoms with Gasteiger partial charge in [-0.05, 0) is 24.3 Å². The molecule has 2 aromatic carbocycles. The van der Waals surface area contributed by atoms with Gasteiger partial charge in [0.15, 0.2) is 4.96 Å². The lowest BCUT2D eigenvalue weighted by molar-refractivity contribution is 0.0733. The zero-order chi connectivity index (χ0) is 21.0. The molecule has 5 nitrogen and oxygen atoms in total. The van der Waals surface area contributed by atoms with Gasteiger partial charge in [-0.1, -0.05) is 48.5 Å². The molecule has 0 bridgehead atoms. The second kappa shape index (κ2) is 8.62. The molecular weight excluding hydrogens is 406 g/mol. The van der Waals surface area contributed by atoms with Crippen molar-refractivity contribution in [2.75, 3.05) is 6.54 Å². The standard InChI is InChI=1S/C25H21N3O2S/c29-24(20-10-5-2-6-11-20)27(16-22-12-7-15-30-22)14-13-21-18-31-25-26-23(17-28(21)25)19-8-3-1-4-9-19/h1-12,15,17-18H,13-14,16H2. The minimum atomic E-state index is -0.000853. The highest BCUT2D eigenvalue weighted by molar-refractivity contribution is 7.15. The molecule has 5 aromatic rings. The number of carbonyl (C=O) groups is 1. The Bertz CT molecular complexity index is 1270. The minimum Gasteiger partial charge on any atom is -0.467 e. The predicted octanol–water partition coefficient (Wildman–Crippen LogP) is 5.54. The fourth-order valence-electron chi connectivity index (χ4n) is 3.61. The van der Waals surface area contributed by atoms with Crippen molar-refractivity contribution in [3.8, 4) is 11.3 Å². The molecule has 3 aromatic heterocycles. The van der Waals surface area contributed by atoms with Crippen LogP contribution in [-0.2, 0) is 13.0 Å². The monoisotopic (exact) mass is 427 g/mol. The maximum absolute atomic E-state index is 13.2. The third-order valence-electron chi connectivity index (χ3n) is 5.23. The fraction of sp³-hybridized carbons (Fsp3) is 0.120. The van der Waals surface area contributed by atoms with Gasteiger partial charge in [-0.15, -0.1) is 11.3 Å². The summed E-state index contributed by atoms with van der Waals surface area (Å²) in [6.07, 6.45) is 4.44. The molecule has 5 rings (SSSR count). The first-order valence-corrected chi connectivity index (χ1v) is 11.0. The summed E-state index contributed by atoms with van der Waals surface area (Å²) in [5.74, 6) is 0.771. The van der Waals surface area contributed by atoms with Crippen molar-refractivity contribution in [3.05, 3.63) is 108 Å². The Labute approximate surface area is 184 Å². The zero-order valence-electron chi connectivity index (χ0n) is 16.8. The van der Waals surface area contributed by atoms with Crippen LogP contribution in [0.2, 0.25) is 0 Å². The number of nitrogens with zero attached hydrogens (tertiary/aromatic N) is 3. The summed E-state index contributed by atoms with van der Waals surface area (Å²) < 4.78 is 7.63. The van der Waals surface area contributed by atoms with Crippen molar-refractivity contribution in [1.82, 2.24) is 14.3 Å². The normalized spacial score (nSPS) is 11.1. The van der Waals surface area contributed by atoms with Gasteiger partial charge in [-0.2, -0.15) is 0 Å². The summed E-state index contributed by atoms with van der Waals surface area (Å²) in [6, 6.07) is 23.3. The number of imidazole rings is 1. The quantitative estimate of drug-likeness (QED) is 0.343. The van der Waals surface area contributed by atoms with Crippen molar-refractivity contribution < 1.29 is 9.21 Å². The lowest BCUT2D eigenvalue weighted by Crippen LogP contribution is -2.32. The number of hydrogen-bond donors (Lipinski definition) is 0. The van der Waals surface area contributed by atoms with Crippen LogP contribution >= 0.6 is 11.3 Å². The van der Waals surface area contributed by atoms with Crippen LogP contribution in [-0.4, -0.2) is 26.7 Å². The van der Waals surface area contributed by atoms with Gasteiger partial charge in [-0.3, -0.25) is 9.20 Å². The molecule has 0 aliphatic carbocycles. The number of benzene rings is 2. The average molecular weight is 428 g/mol. The Balaban J connectivity index is 1.38. The van der Waals surface area contributed by atoms with Gasteiger partial charge >= 0.3 is 0 Å². The van der Waals surface area contributed by atoms with Crippen molar-refractivity contribution >= 4 is 22.2 Å². The molecule has 31 heavy (non-hydrogen) atoms. The van der Waals surface area contributed by atoms with Gasteiger partial charge in [0.25, 0.3) is 5.91 Å². The molecule has 1 amide bonds. The third kappa shape index (κ3) is 4.15. The van der Waals surface area contributed by atoms with Crippen LogP contribution in [0.25, 0.3) is 16.2 Å². The fourth-order valence-corrected chi connectivity index (χ4v) is 4.52.